The summed E-state index contributed by atoms with van der Waals surface area (Å²) in [7, 11) is 0. The molecule has 0 radical (unpaired) electrons. The highest BCUT2D eigenvalue weighted by Gasteiger charge is 2.11. The number of anilines is 1. The Kier molecular flexibility index (Phi) is 2.79. The number of aryl methyl sites for hydroxylation is 2. The van der Waals surface area contributed by atoms with Crippen molar-refractivity contribution in [2.45, 2.75) is 20.8 Å². The highest BCUT2D eigenvalue weighted by atomic mass is 32.1. The van der Waals surface area contributed by atoms with Crippen molar-refractivity contribution in [3.8, 4) is 10.6 Å². The Bertz CT molecular complexity index is 772. The number of nitrogen functional groups attached to an aromatic ring is 1. The van der Waals surface area contributed by atoms with Crippen LogP contribution in [0.1, 0.15) is 16.7 Å². The van der Waals surface area contributed by atoms with Gasteiger partial charge in [0.25, 0.3) is 0 Å². The van der Waals surface area contributed by atoms with E-state index in [0.29, 0.717) is 0 Å². The van der Waals surface area contributed by atoms with Gasteiger partial charge in [0.05, 0.1) is 10.2 Å². The van der Waals surface area contributed by atoms with Crippen molar-refractivity contribution in [3.63, 3.8) is 0 Å². The van der Waals surface area contributed by atoms with E-state index >= 15 is 0 Å². The van der Waals surface area contributed by atoms with E-state index in [9.17, 15) is 0 Å². The molecule has 3 rings (SSSR count). The molecule has 0 aliphatic heterocycles. The van der Waals surface area contributed by atoms with Crippen LogP contribution < -0.4 is 5.73 Å². The average Bonchev–Trinajstić information content (AvgIpc) is 2.76. The first-order valence-corrected chi connectivity index (χ1v) is 7.11. The van der Waals surface area contributed by atoms with E-state index in [0.717, 1.165) is 27.3 Å². The Hall–Kier alpha value is -1.87. The molecule has 0 bridgehead atoms. The van der Waals surface area contributed by atoms with E-state index < -0.39 is 0 Å². The number of fused-ring (bicyclic) bond motifs is 1. The van der Waals surface area contributed by atoms with Crippen LogP contribution in [0.4, 0.5) is 5.69 Å². The predicted molar refractivity (Wildman–Crippen MR) is 83.7 cm³/mol. The van der Waals surface area contributed by atoms with Crippen LogP contribution in [-0.2, 0) is 0 Å². The Labute approximate surface area is 116 Å². The first-order valence-electron chi connectivity index (χ1n) is 6.29. The monoisotopic (exact) mass is 268 g/mol. The minimum atomic E-state index is 0.824. The topological polar surface area (TPSA) is 38.9 Å². The SMILES string of the molecule is Cc1cc(C)c2nc(-c3cccc(N)c3C)sc2c1. The fourth-order valence-electron chi connectivity index (χ4n) is 2.37. The van der Waals surface area contributed by atoms with E-state index in [2.05, 4.69) is 39.0 Å². The summed E-state index contributed by atoms with van der Waals surface area (Å²) >= 11 is 1.73. The van der Waals surface area contributed by atoms with Gasteiger partial charge in [0, 0.05) is 11.3 Å². The lowest BCUT2D eigenvalue weighted by molar-refractivity contribution is 1.37. The van der Waals surface area contributed by atoms with Gasteiger partial charge in [-0.15, -0.1) is 11.3 Å². The lowest BCUT2D eigenvalue weighted by Crippen LogP contribution is -1.91. The summed E-state index contributed by atoms with van der Waals surface area (Å²) in [6.45, 7) is 6.29. The molecule has 0 aliphatic carbocycles. The van der Waals surface area contributed by atoms with Gasteiger partial charge in [0.1, 0.15) is 5.01 Å². The fraction of sp³-hybridized carbons (Fsp3) is 0.188. The van der Waals surface area contributed by atoms with Crippen molar-refractivity contribution in [2.75, 3.05) is 5.73 Å². The molecule has 0 saturated carbocycles. The Morgan fingerprint density at radius 1 is 1.11 bits per heavy atom. The van der Waals surface area contributed by atoms with E-state index in [1.54, 1.807) is 11.3 Å². The molecule has 96 valence electrons. The second-order valence-electron chi connectivity index (χ2n) is 4.97. The Morgan fingerprint density at radius 3 is 2.68 bits per heavy atom. The minimum Gasteiger partial charge on any atom is -0.398 e. The molecular formula is C16H16N2S. The van der Waals surface area contributed by atoms with Crippen molar-refractivity contribution in [2.24, 2.45) is 0 Å². The molecule has 0 saturated heterocycles. The fourth-order valence-corrected chi connectivity index (χ4v) is 3.60. The zero-order valence-electron chi connectivity index (χ0n) is 11.3. The second kappa shape index (κ2) is 4.35. The molecule has 19 heavy (non-hydrogen) atoms. The lowest BCUT2D eigenvalue weighted by atomic mass is 10.1. The van der Waals surface area contributed by atoms with Crippen LogP contribution >= 0.6 is 11.3 Å². The van der Waals surface area contributed by atoms with Gasteiger partial charge in [-0.3, -0.25) is 0 Å². The normalized spacial score (nSPS) is 11.1. The van der Waals surface area contributed by atoms with Crippen LogP contribution in [0.3, 0.4) is 0 Å². The minimum absolute atomic E-state index is 0.824. The number of nitrogens with zero attached hydrogens (tertiary/aromatic N) is 1. The Balaban J connectivity index is 2.26. The van der Waals surface area contributed by atoms with Gasteiger partial charge in [0.15, 0.2) is 0 Å². The largest absolute Gasteiger partial charge is 0.398 e. The molecule has 0 aliphatic rings. The van der Waals surface area contributed by atoms with E-state index in [1.807, 2.05) is 12.1 Å². The number of aromatic nitrogens is 1. The predicted octanol–water partition coefficient (Wildman–Crippen LogP) is 4.47. The molecule has 1 heterocycles. The van der Waals surface area contributed by atoms with E-state index in [1.165, 1.54) is 15.8 Å². The Morgan fingerprint density at radius 2 is 1.89 bits per heavy atom. The maximum atomic E-state index is 5.98. The molecule has 2 aromatic carbocycles. The van der Waals surface area contributed by atoms with Gasteiger partial charge < -0.3 is 5.73 Å². The maximum absolute atomic E-state index is 5.98. The average molecular weight is 268 g/mol. The van der Waals surface area contributed by atoms with Crippen molar-refractivity contribution >= 4 is 27.2 Å². The molecule has 0 unspecified atom stereocenters. The van der Waals surface area contributed by atoms with Crippen LogP contribution in [0.2, 0.25) is 0 Å². The van der Waals surface area contributed by atoms with Crippen molar-refractivity contribution in [3.05, 3.63) is 47.0 Å². The highest BCUT2D eigenvalue weighted by Crippen LogP contribution is 2.35. The number of hydrogen-bond acceptors (Lipinski definition) is 3. The van der Waals surface area contributed by atoms with Crippen LogP contribution in [0.25, 0.3) is 20.8 Å². The smallest absolute Gasteiger partial charge is 0.124 e. The third-order valence-electron chi connectivity index (χ3n) is 3.44. The van der Waals surface area contributed by atoms with Gasteiger partial charge in [-0.1, -0.05) is 18.2 Å². The summed E-state index contributed by atoms with van der Waals surface area (Å²) in [5.41, 5.74) is 12.7. The third-order valence-corrected chi connectivity index (χ3v) is 4.47. The summed E-state index contributed by atoms with van der Waals surface area (Å²) in [6.07, 6.45) is 0. The molecule has 0 amide bonds. The molecular weight excluding hydrogens is 252 g/mol. The summed E-state index contributed by atoms with van der Waals surface area (Å²) in [5, 5.41) is 1.05. The zero-order chi connectivity index (χ0) is 13.6. The zero-order valence-corrected chi connectivity index (χ0v) is 12.1. The van der Waals surface area contributed by atoms with Crippen LogP contribution in [0, 0.1) is 20.8 Å². The molecule has 3 aromatic rings. The number of rotatable bonds is 1. The molecule has 1 aromatic heterocycles. The second-order valence-corrected chi connectivity index (χ2v) is 6.00. The van der Waals surface area contributed by atoms with Crippen LogP contribution in [0.5, 0.6) is 0 Å². The molecule has 2 nitrogen and oxygen atoms in total. The highest BCUT2D eigenvalue weighted by molar-refractivity contribution is 7.21. The van der Waals surface area contributed by atoms with Crippen LogP contribution in [-0.4, -0.2) is 4.98 Å². The molecule has 2 N–H and O–H groups in total. The summed E-state index contributed by atoms with van der Waals surface area (Å²) < 4.78 is 1.24. The quantitative estimate of drug-likeness (QED) is 0.661. The number of benzene rings is 2. The molecule has 0 fully saturated rings. The number of thiazole rings is 1. The van der Waals surface area contributed by atoms with E-state index in [4.69, 9.17) is 10.7 Å². The summed E-state index contributed by atoms with van der Waals surface area (Å²) in [5.74, 6) is 0. The van der Waals surface area contributed by atoms with Gasteiger partial charge in [-0.05, 0) is 49.6 Å². The number of nitrogens with two attached hydrogens (primary N) is 1. The molecule has 0 spiro atoms. The van der Waals surface area contributed by atoms with Crippen molar-refractivity contribution < 1.29 is 0 Å². The van der Waals surface area contributed by atoms with Crippen molar-refractivity contribution in [1.29, 1.82) is 0 Å². The first kappa shape index (κ1) is 12.2. The number of hydrogen-bond donors (Lipinski definition) is 1. The standard InChI is InChI=1S/C16H16N2S/c1-9-7-10(2)15-14(8-9)19-16(18-15)12-5-4-6-13(17)11(12)3/h4-8H,17H2,1-3H3. The van der Waals surface area contributed by atoms with Gasteiger partial charge in [-0.25, -0.2) is 4.98 Å². The van der Waals surface area contributed by atoms with E-state index in [-0.39, 0.29) is 0 Å². The lowest BCUT2D eigenvalue weighted by Gasteiger charge is -2.04. The first-order chi connectivity index (χ1) is 9.06. The van der Waals surface area contributed by atoms with Gasteiger partial charge >= 0.3 is 0 Å². The molecule has 3 heteroatoms. The summed E-state index contributed by atoms with van der Waals surface area (Å²) in [6, 6.07) is 10.4. The maximum Gasteiger partial charge on any atom is 0.124 e. The third kappa shape index (κ3) is 2.00. The summed E-state index contributed by atoms with van der Waals surface area (Å²) in [4.78, 5) is 4.79. The molecule has 0 atom stereocenters. The van der Waals surface area contributed by atoms with Crippen LogP contribution in [0.15, 0.2) is 30.3 Å². The van der Waals surface area contributed by atoms with Crippen molar-refractivity contribution in [1.82, 2.24) is 4.98 Å². The van der Waals surface area contributed by atoms with Gasteiger partial charge in [0.2, 0.25) is 0 Å². The van der Waals surface area contributed by atoms with Gasteiger partial charge in [-0.2, -0.15) is 0 Å².